The van der Waals surface area contributed by atoms with E-state index >= 15 is 0 Å². The van der Waals surface area contributed by atoms with Gasteiger partial charge in [0.1, 0.15) is 35.6 Å². The lowest BCUT2D eigenvalue weighted by atomic mass is 10.0. The molecule has 2 aliphatic rings. The first kappa shape index (κ1) is 37.2. The van der Waals surface area contributed by atoms with E-state index in [2.05, 4.69) is 10.4 Å². The Bertz CT molecular complexity index is 2620. The van der Waals surface area contributed by atoms with Crippen molar-refractivity contribution in [3.63, 3.8) is 0 Å². The highest BCUT2D eigenvalue weighted by Gasteiger charge is 2.29. The van der Waals surface area contributed by atoms with Crippen LogP contribution in [0.4, 0.5) is 17.6 Å². The molecule has 16 heteroatoms. The SMILES string of the molecule is O=C(Cn1ccc(C2CC2)n1)NC(Cc1cc(F)cc(F)c1)c1nc2cc(-c3ccc(F)cc3F)ccc2c(=O)n1-c1ccc(S(=O)(=O)N2CCOCC2)cc1. The lowest BCUT2D eigenvalue weighted by Crippen LogP contribution is -2.40. The minimum atomic E-state index is -3.90. The number of sulfonamides is 1. The van der Waals surface area contributed by atoms with E-state index < -0.39 is 50.8 Å². The number of nitrogens with one attached hydrogen (secondary N) is 1. The summed E-state index contributed by atoms with van der Waals surface area (Å²) in [5.74, 6) is -3.61. The van der Waals surface area contributed by atoms with E-state index in [1.165, 1.54) is 62.1 Å². The van der Waals surface area contributed by atoms with Crippen LogP contribution in [0.1, 0.15) is 41.9 Å². The number of benzene rings is 4. The minimum absolute atomic E-state index is 0.0256. The third-order valence-corrected chi connectivity index (χ3v) is 11.7. The van der Waals surface area contributed by atoms with Gasteiger partial charge < -0.3 is 10.1 Å². The number of morpholine rings is 1. The number of aromatic nitrogens is 4. The van der Waals surface area contributed by atoms with Gasteiger partial charge in [-0.2, -0.15) is 9.40 Å². The molecule has 6 aromatic rings. The van der Waals surface area contributed by atoms with Crippen LogP contribution in [0.5, 0.6) is 0 Å². The van der Waals surface area contributed by atoms with Gasteiger partial charge in [0.05, 0.1) is 46.4 Å². The smallest absolute Gasteiger partial charge is 0.266 e. The van der Waals surface area contributed by atoms with Crippen LogP contribution in [0.25, 0.3) is 27.7 Å². The first-order valence-corrected chi connectivity index (χ1v) is 19.3. The van der Waals surface area contributed by atoms with Gasteiger partial charge in [-0.15, -0.1) is 0 Å². The van der Waals surface area contributed by atoms with Crippen molar-refractivity contribution in [3.8, 4) is 16.8 Å². The van der Waals surface area contributed by atoms with Gasteiger partial charge in [0.25, 0.3) is 5.56 Å². The summed E-state index contributed by atoms with van der Waals surface area (Å²) >= 11 is 0. The fraction of sp³-hybridized carbons (Fsp3) is 0.250. The highest BCUT2D eigenvalue weighted by molar-refractivity contribution is 7.89. The van der Waals surface area contributed by atoms with Gasteiger partial charge in [-0.1, -0.05) is 6.07 Å². The van der Waals surface area contributed by atoms with E-state index in [-0.39, 0.29) is 83.3 Å². The molecule has 288 valence electrons. The summed E-state index contributed by atoms with van der Waals surface area (Å²) in [6.07, 6.45) is 3.46. The molecule has 8 rings (SSSR count). The summed E-state index contributed by atoms with van der Waals surface area (Å²) in [7, 11) is -3.90. The largest absolute Gasteiger partial charge is 0.379 e. The van der Waals surface area contributed by atoms with Crippen molar-refractivity contribution >= 4 is 26.8 Å². The Morgan fingerprint density at radius 2 is 1.61 bits per heavy atom. The third-order valence-electron chi connectivity index (χ3n) is 9.81. The minimum Gasteiger partial charge on any atom is -0.379 e. The molecule has 1 N–H and O–H groups in total. The number of halogens is 4. The van der Waals surface area contributed by atoms with Gasteiger partial charge in [0, 0.05) is 49.3 Å². The predicted octanol–water partition coefficient (Wildman–Crippen LogP) is 5.80. The van der Waals surface area contributed by atoms with Crippen molar-refractivity contribution < 1.29 is 35.5 Å². The fourth-order valence-electron chi connectivity index (χ4n) is 6.90. The molecular formula is C40H34F4N6O5S. The summed E-state index contributed by atoms with van der Waals surface area (Å²) in [5.41, 5.74) is 0.953. The number of nitrogens with zero attached hydrogens (tertiary/aromatic N) is 5. The molecule has 1 aliphatic carbocycles. The predicted molar refractivity (Wildman–Crippen MR) is 197 cm³/mol. The van der Waals surface area contributed by atoms with Crippen molar-refractivity contribution in [1.82, 2.24) is 29.0 Å². The molecule has 4 aromatic carbocycles. The van der Waals surface area contributed by atoms with Crippen molar-refractivity contribution in [1.29, 1.82) is 0 Å². The maximum absolute atomic E-state index is 14.9. The van der Waals surface area contributed by atoms with Gasteiger partial charge in [-0.25, -0.2) is 31.0 Å². The average molecular weight is 787 g/mol. The quantitative estimate of drug-likeness (QED) is 0.165. The Morgan fingerprint density at radius 3 is 2.30 bits per heavy atom. The van der Waals surface area contributed by atoms with Crippen LogP contribution in [0, 0.1) is 23.3 Å². The van der Waals surface area contributed by atoms with Gasteiger partial charge in [-0.3, -0.25) is 18.8 Å². The van der Waals surface area contributed by atoms with Crippen LogP contribution >= 0.6 is 0 Å². The van der Waals surface area contributed by atoms with Crippen LogP contribution in [0.2, 0.25) is 0 Å². The molecule has 11 nitrogen and oxygen atoms in total. The molecule has 0 bridgehead atoms. The highest BCUT2D eigenvalue weighted by atomic mass is 32.2. The molecule has 0 radical (unpaired) electrons. The van der Waals surface area contributed by atoms with Gasteiger partial charge in [-0.05, 0) is 90.7 Å². The maximum Gasteiger partial charge on any atom is 0.266 e. The van der Waals surface area contributed by atoms with Crippen molar-refractivity contribution in [3.05, 3.63) is 142 Å². The van der Waals surface area contributed by atoms with E-state index in [1.54, 1.807) is 6.20 Å². The first-order chi connectivity index (χ1) is 26.9. The zero-order chi connectivity index (χ0) is 39.1. The third kappa shape index (κ3) is 7.72. The summed E-state index contributed by atoms with van der Waals surface area (Å²) in [5, 5.41) is 7.47. The van der Waals surface area contributed by atoms with Gasteiger partial charge >= 0.3 is 0 Å². The van der Waals surface area contributed by atoms with Crippen molar-refractivity contribution in [2.75, 3.05) is 26.3 Å². The standard InChI is InChI=1S/C40H34F4N6O5S/c41-27-4-10-32(34(44)22-27)26-3-9-33-36(20-26)46-39(50(40(33)52)30-5-7-31(8-6-30)56(53,54)49-13-15-55-16-14-49)37(19-24-17-28(42)21-29(43)18-24)45-38(51)23-48-12-11-35(47-48)25-1-2-25/h3-12,17-18,20-22,25,37H,1-2,13-16,19,23H2,(H,45,51). The second kappa shape index (κ2) is 15.1. The van der Waals surface area contributed by atoms with E-state index in [4.69, 9.17) is 9.72 Å². The normalized spacial score (nSPS) is 15.6. The van der Waals surface area contributed by atoms with E-state index in [9.17, 15) is 35.6 Å². The van der Waals surface area contributed by atoms with Crippen LogP contribution in [-0.2, 0) is 32.5 Å². The molecule has 1 unspecified atom stereocenters. The lowest BCUT2D eigenvalue weighted by molar-refractivity contribution is -0.122. The number of hydrogen-bond donors (Lipinski definition) is 1. The van der Waals surface area contributed by atoms with E-state index in [0.717, 1.165) is 42.8 Å². The number of carbonyl (C=O) groups is 1. The molecule has 2 fully saturated rings. The molecule has 0 spiro atoms. The van der Waals surface area contributed by atoms with E-state index in [1.807, 2.05) is 6.07 Å². The number of amides is 1. The Balaban J connectivity index is 1.26. The summed E-state index contributed by atoms with van der Waals surface area (Å²) in [6, 6.07) is 16.6. The van der Waals surface area contributed by atoms with E-state index in [0.29, 0.717) is 12.0 Å². The zero-order valence-corrected chi connectivity index (χ0v) is 30.5. The van der Waals surface area contributed by atoms with Crippen molar-refractivity contribution in [2.24, 2.45) is 0 Å². The number of hydrogen-bond acceptors (Lipinski definition) is 7. The lowest BCUT2D eigenvalue weighted by Gasteiger charge is -2.26. The van der Waals surface area contributed by atoms with Gasteiger partial charge in [0.2, 0.25) is 15.9 Å². The topological polar surface area (TPSA) is 128 Å². The first-order valence-electron chi connectivity index (χ1n) is 17.9. The zero-order valence-electron chi connectivity index (χ0n) is 29.7. The Labute approximate surface area is 318 Å². The molecule has 3 heterocycles. The monoisotopic (exact) mass is 786 g/mol. The van der Waals surface area contributed by atoms with Crippen molar-refractivity contribution in [2.45, 2.75) is 42.7 Å². The number of rotatable bonds is 11. The summed E-state index contributed by atoms with van der Waals surface area (Å²) in [6.45, 7) is 0.626. The van der Waals surface area contributed by atoms with Crippen LogP contribution in [-0.4, -0.2) is 64.3 Å². The Hall–Kier alpha value is -5.71. The second-order valence-electron chi connectivity index (χ2n) is 13.8. The number of carbonyl (C=O) groups excluding carboxylic acids is 1. The van der Waals surface area contributed by atoms with Crippen LogP contribution in [0.3, 0.4) is 0 Å². The molecule has 1 saturated carbocycles. The van der Waals surface area contributed by atoms with Gasteiger partial charge in [0.15, 0.2) is 0 Å². The average Bonchev–Trinajstić information content (AvgIpc) is 3.92. The second-order valence-corrected chi connectivity index (χ2v) is 15.7. The van der Waals surface area contributed by atoms with Crippen LogP contribution < -0.4 is 10.9 Å². The summed E-state index contributed by atoms with van der Waals surface area (Å²) in [4.78, 5) is 33.1. The van der Waals surface area contributed by atoms with Crippen LogP contribution in [0.15, 0.2) is 101 Å². The number of ether oxygens (including phenoxy) is 1. The molecule has 1 saturated heterocycles. The highest BCUT2D eigenvalue weighted by Crippen LogP contribution is 2.38. The maximum atomic E-state index is 14.9. The molecule has 1 aliphatic heterocycles. The Morgan fingerprint density at radius 1 is 0.875 bits per heavy atom. The molecular weight excluding hydrogens is 753 g/mol. The molecule has 1 atom stereocenters. The molecule has 56 heavy (non-hydrogen) atoms. The fourth-order valence-corrected chi connectivity index (χ4v) is 8.31. The summed E-state index contributed by atoms with van der Waals surface area (Å²) < 4.78 is 93.9. The molecule has 1 amide bonds. The Kier molecular flexibility index (Phi) is 10.0. The molecule has 2 aromatic heterocycles. The number of fused-ring (bicyclic) bond motifs is 1.